The second kappa shape index (κ2) is 12.2. The standard InChI is InChI=1S/C25H32FN3O4/c1-32-22-8-7-18(15-23(22)33-2)16-28-24(30)17-29-13-10-20(11-14-29)25(31)27-12-9-19-5-3-4-6-21(19)26/h3-8,15,20H,9-14,16-17H2,1-2H3,(H,27,31)(H,28,30). The van der Waals surface area contributed by atoms with Gasteiger partial charge in [-0.2, -0.15) is 0 Å². The Morgan fingerprint density at radius 1 is 1.03 bits per heavy atom. The lowest BCUT2D eigenvalue weighted by molar-refractivity contribution is -0.126. The lowest BCUT2D eigenvalue weighted by Crippen LogP contribution is -2.44. The molecule has 0 atom stereocenters. The molecule has 0 spiro atoms. The van der Waals surface area contributed by atoms with Crippen molar-refractivity contribution in [2.75, 3.05) is 40.4 Å². The maximum Gasteiger partial charge on any atom is 0.234 e. The van der Waals surface area contributed by atoms with Crippen LogP contribution in [0.25, 0.3) is 0 Å². The summed E-state index contributed by atoms with van der Waals surface area (Å²) in [4.78, 5) is 26.9. The third-order valence-electron chi connectivity index (χ3n) is 5.91. The van der Waals surface area contributed by atoms with Gasteiger partial charge in [0, 0.05) is 19.0 Å². The maximum atomic E-state index is 13.7. The number of likely N-dealkylation sites (tertiary alicyclic amines) is 1. The van der Waals surface area contributed by atoms with Gasteiger partial charge in [-0.15, -0.1) is 0 Å². The monoisotopic (exact) mass is 457 g/mol. The van der Waals surface area contributed by atoms with Crippen LogP contribution >= 0.6 is 0 Å². The molecule has 2 N–H and O–H groups in total. The van der Waals surface area contributed by atoms with E-state index < -0.39 is 0 Å². The van der Waals surface area contributed by atoms with E-state index in [9.17, 15) is 14.0 Å². The fourth-order valence-corrected chi connectivity index (χ4v) is 3.97. The molecule has 2 aromatic rings. The minimum atomic E-state index is -0.246. The zero-order valence-electron chi connectivity index (χ0n) is 19.2. The molecule has 1 fully saturated rings. The van der Waals surface area contributed by atoms with Crippen molar-refractivity contribution < 1.29 is 23.5 Å². The van der Waals surface area contributed by atoms with E-state index in [0.717, 1.165) is 5.56 Å². The molecule has 0 radical (unpaired) electrons. The highest BCUT2D eigenvalue weighted by atomic mass is 19.1. The van der Waals surface area contributed by atoms with Crippen molar-refractivity contribution in [2.24, 2.45) is 5.92 Å². The molecule has 1 saturated heterocycles. The Morgan fingerprint density at radius 2 is 1.76 bits per heavy atom. The van der Waals surface area contributed by atoms with Crippen LogP contribution in [-0.2, 0) is 22.6 Å². The van der Waals surface area contributed by atoms with Crippen LogP contribution in [-0.4, -0.2) is 57.1 Å². The van der Waals surface area contributed by atoms with Crippen LogP contribution in [0.1, 0.15) is 24.0 Å². The van der Waals surface area contributed by atoms with E-state index in [-0.39, 0.29) is 23.5 Å². The Labute approximate surface area is 194 Å². The first-order chi connectivity index (χ1) is 16.0. The van der Waals surface area contributed by atoms with Crippen molar-refractivity contribution in [3.05, 3.63) is 59.4 Å². The SMILES string of the molecule is COc1ccc(CNC(=O)CN2CCC(C(=O)NCCc3ccccc3F)CC2)cc1OC. The summed E-state index contributed by atoms with van der Waals surface area (Å²) in [6, 6.07) is 12.1. The van der Waals surface area contributed by atoms with Gasteiger partial charge in [0.15, 0.2) is 11.5 Å². The first-order valence-corrected chi connectivity index (χ1v) is 11.2. The summed E-state index contributed by atoms with van der Waals surface area (Å²) < 4.78 is 24.2. The van der Waals surface area contributed by atoms with Crippen LogP contribution in [0.15, 0.2) is 42.5 Å². The summed E-state index contributed by atoms with van der Waals surface area (Å²) in [6.45, 7) is 2.50. The van der Waals surface area contributed by atoms with Crippen LogP contribution in [0.2, 0.25) is 0 Å². The molecular formula is C25H32FN3O4. The van der Waals surface area contributed by atoms with Gasteiger partial charge in [0.05, 0.1) is 20.8 Å². The van der Waals surface area contributed by atoms with Crippen LogP contribution in [0, 0.1) is 11.7 Å². The number of carbonyl (C=O) groups excluding carboxylic acids is 2. The Hall–Kier alpha value is -3.13. The van der Waals surface area contributed by atoms with Gasteiger partial charge in [-0.1, -0.05) is 24.3 Å². The number of halogens is 1. The van der Waals surface area contributed by atoms with E-state index in [1.165, 1.54) is 6.07 Å². The van der Waals surface area contributed by atoms with E-state index >= 15 is 0 Å². The summed E-state index contributed by atoms with van der Waals surface area (Å²) in [5, 5.41) is 5.85. The van der Waals surface area contributed by atoms with Crippen molar-refractivity contribution in [3.63, 3.8) is 0 Å². The third kappa shape index (κ3) is 7.18. The molecule has 3 rings (SSSR count). The quantitative estimate of drug-likeness (QED) is 0.573. The zero-order chi connectivity index (χ0) is 23.6. The Morgan fingerprint density at radius 3 is 2.45 bits per heavy atom. The summed E-state index contributed by atoms with van der Waals surface area (Å²) in [5.41, 5.74) is 1.53. The number of piperidine rings is 1. The Balaban J connectivity index is 1.35. The van der Waals surface area contributed by atoms with E-state index in [0.29, 0.717) is 69.0 Å². The predicted octanol–water partition coefficient (Wildman–Crippen LogP) is 2.53. The number of rotatable bonds is 10. The molecule has 0 aliphatic carbocycles. The van der Waals surface area contributed by atoms with Crippen LogP contribution < -0.4 is 20.1 Å². The van der Waals surface area contributed by atoms with Gasteiger partial charge in [-0.3, -0.25) is 14.5 Å². The van der Waals surface area contributed by atoms with Crippen LogP contribution in [0.5, 0.6) is 11.5 Å². The highest BCUT2D eigenvalue weighted by Gasteiger charge is 2.25. The normalized spacial score (nSPS) is 14.5. The van der Waals surface area contributed by atoms with Crippen molar-refractivity contribution in [1.82, 2.24) is 15.5 Å². The minimum absolute atomic E-state index is 0.00361. The van der Waals surface area contributed by atoms with E-state index in [1.54, 1.807) is 32.4 Å². The molecular weight excluding hydrogens is 425 g/mol. The topological polar surface area (TPSA) is 79.9 Å². The average molecular weight is 458 g/mol. The van der Waals surface area contributed by atoms with Crippen molar-refractivity contribution in [1.29, 1.82) is 0 Å². The number of carbonyl (C=O) groups is 2. The molecule has 8 heteroatoms. The number of nitrogens with zero attached hydrogens (tertiary/aromatic N) is 1. The lowest BCUT2D eigenvalue weighted by Gasteiger charge is -2.30. The summed E-state index contributed by atoms with van der Waals surface area (Å²) >= 11 is 0. The Kier molecular flexibility index (Phi) is 9.06. The van der Waals surface area contributed by atoms with Crippen molar-refractivity contribution >= 4 is 11.8 Å². The molecule has 0 aromatic heterocycles. The van der Waals surface area contributed by atoms with Gasteiger partial charge in [0.2, 0.25) is 11.8 Å². The summed E-state index contributed by atoms with van der Waals surface area (Å²) in [5.74, 6) is 0.896. The number of nitrogens with one attached hydrogen (secondary N) is 2. The number of hydrogen-bond acceptors (Lipinski definition) is 5. The molecule has 1 heterocycles. The second-order valence-electron chi connectivity index (χ2n) is 8.15. The third-order valence-corrected chi connectivity index (χ3v) is 5.91. The fourth-order valence-electron chi connectivity index (χ4n) is 3.97. The van der Waals surface area contributed by atoms with Gasteiger partial charge in [0.1, 0.15) is 5.82 Å². The molecule has 2 aromatic carbocycles. The predicted molar refractivity (Wildman–Crippen MR) is 124 cm³/mol. The second-order valence-corrected chi connectivity index (χ2v) is 8.15. The van der Waals surface area contributed by atoms with Crippen LogP contribution in [0.4, 0.5) is 4.39 Å². The molecule has 33 heavy (non-hydrogen) atoms. The fraction of sp³-hybridized carbons (Fsp3) is 0.440. The number of ether oxygens (including phenoxy) is 2. The highest BCUT2D eigenvalue weighted by Crippen LogP contribution is 2.27. The molecule has 178 valence electrons. The van der Waals surface area contributed by atoms with Gasteiger partial charge in [-0.25, -0.2) is 4.39 Å². The number of methoxy groups -OCH3 is 2. The summed E-state index contributed by atoms with van der Waals surface area (Å²) in [6.07, 6.45) is 1.88. The maximum absolute atomic E-state index is 13.7. The number of amides is 2. The molecule has 0 bridgehead atoms. The number of hydrogen-bond donors (Lipinski definition) is 2. The Bertz CT molecular complexity index is 945. The average Bonchev–Trinajstić information content (AvgIpc) is 2.84. The summed E-state index contributed by atoms with van der Waals surface area (Å²) in [7, 11) is 3.16. The first kappa shape index (κ1) is 24.5. The van der Waals surface area contributed by atoms with E-state index in [1.807, 2.05) is 18.2 Å². The number of benzene rings is 2. The molecule has 7 nitrogen and oxygen atoms in total. The lowest BCUT2D eigenvalue weighted by atomic mass is 9.96. The molecule has 0 saturated carbocycles. The largest absolute Gasteiger partial charge is 0.493 e. The van der Waals surface area contributed by atoms with E-state index in [2.05, 4.69) is 15.5 Å². The van der Waals surface area contributed by atoms with Gasteiger partial charge in [0.25, 0.3) is 0 Å². The smallest absolute Gasteiger partial charge is 0.234 e. The van der Waals surface area contributed by atoms with Gasteiger partial charge < -0.3 is 20.1 Å². The molecule has 1 aliphatic rings. The van der Waals surface area contributed by atoms with Crippen LogP contribution in [0.3, 0.4) is 0 Å². The van der Waals surface area contributed by atoms with Gasteiger partial charge >= 0.3 is 0 Å². The first-order valence-electron chi connectivity index (χ1n) is 11.2. The van der Waals surface area contributed by atoms with Crippen molar-refractivity contribution in [3.8, 4) is 11.5 Å². The minimum Gasteiger partial charge on any atom is -0.493 e. The zero-order valence-corrected chi connectivity index (χ0v) is 19.2. The highest BCUT2D eigenvalue weighted by molar-refractivity contribution is 5.79. The molecule has 1 aliphatic heterocycles. The van der Waals surface area contributed by atoms with E-state index in [4.69, 9.17) is 9.47 Å². The molecule has 0 unspecified atom stereocenters. The van der Waals surface area contributed by atoms with Crippen molar-refractivity contribution in [2.45, 2.75) is 25.8 Å². The van der Waals surface area contributed by atoms with Gasteiger partial charge in [-0.05, 0) is 61.7 Å². The molecule has 2 amide bonds.